The van der Waals surface area contributed by atoms with Crippen molar-refractivity contribution in [1.82, 2.24) is 0 Å². The van der Waals surface area contributed by atoms with Crippen LogP contribution in [0, 0.1) is 23.7 Å². The van der Waals surface area contributed by atoms with Gasteiger partial charge in [-0.1, -0.05) is 12.2 Å². The summed E-state index contributed by atoms with van der Waals surface area (Å²) in [5.41, 5.74) is 0. The maximum absolute atomic E-state index is 15.1. The van der Waals surface area contributed by atoms with Crippen molar-refractivity contribution >= 4 is 0 Å². The molecule has 0 spiro atoms. The fourth-order valence-electron chi connectivity index (χ4n) is 6.01. The van der Waals surface area contributed by atoms with Gasteiger partial charge in [0.2, 0.25) is 0 Å². The minimum Gasteiger partial charge on any atom is -0.432 e. The number of benzene rings is 1. The molecule has 0 amide bonds. The number of hydrogen-bond acceptors (Lipinski definition) is 5. The molecule has 1 aliphatic heterocycles. The van der Waals surface area contributed by atoms with Crippen LogP contribution in [-0.2, 0) is 14.2 Å². The first-order valence-electron chi connectivity index (χ1n) is 14.7. The lowest BCUT2D eigenvalue weighted by Gasteiger charge is -2.40. The van der Waals surface area contributed by atoms with E-state index in [0.717, 1.165) is 37.1 Å². The minimum absolute atomic E-state index is 0.0197. The summed E-state index contributed by atoms with van der Waals surface area (Å²) in [6, 6.07) is 3.65. The van der Waals surface area contributed by atoms with Gasteiger partial charge in [0.1, 0.15) is 11.5 Å². The zero-order valence-corrected chi connectivity index (χ0v) is 23.6. The lowest BCUT2D eigenvalue weighted by atomic mass is 9.80. The van der Waals surface area contributed by atoms with Crippen molar-refractivity contribution in [1.29, 1.82) is 0 Å². The molecule has 42 heavy (non-hydrogen) atoms. The van der Waals surface area contributed by atoms with E-state index in [9.17, 15) is 22.0 Å². The van der Waals surface area contributed by atoms with Crippen molar-refractivity contribution in [2.75, 3.05) is 13.2 Å². The molecule has 3 fully saturated rings. The summed E-state index contributed by atoms with van der Waals surface area (Å²) >= 11 is 0. The summed E-state index contributed by atoms with van der Waals surface area (Å²) in [5, 5.41) is 0. The molecule has 0 aromatic heterocycles. The van der Waals surface area contributed by atoms with Gasteiger partial charge in [0.05, 0.1) is 31.2 Å². The van der Waals surface area contributed by atoms with Gasteiger partial charge in [0, 0.05) is 11.8 Å². The van der Waals surface area contributed by atoms with E-state index >= 15 is 8.78 Å². The Labute approximate surface area is 241 Å². The fraction of sp³-hybridized carbons (Fsp3) is 0.733. The van der Waals surface area contributed by atoms with Crippen LogP contribution in [0.5, 0.6) is 11.5 Å². The van der Waals surface area contributed by atoms with Gasteiger partial charge in [-0.05, 0) is 95.4 Å². The van der Waals surface area contributed by atoms with Gasteiger partial charge in [-0.25, -0.2) is 0 Å². The van der Waals surface area contributed by atoms with E-state index in [1.165, 1.54) is 0 Å². The lowest BCUT2D eigenvalue weighted by Crippen LogP contribution is -2.43. The summed E-state index contributed by atoms with van der Waals surface area (Å²) in [7, 11) is 0. The minimum atomic E-state index is -4.90. The van der Waals surface area contributed by atoms with Crippen LogP contribution in [-0.4, -0.2) is 44.2 Å². The topological polar surface area (TPSA) is 46.2 Å². The van der Waals surface area contributed by atoms with Crippen LogP contribution in [0.4, 0.5) is 30.7 Å². The Hall–Kier alpha value is -2.05. The highest BCUT2D eigenvalue weighted by Gasteiger charge is 2.49. The molecule has 4 rings (SSSR count). The highest BCUT2D eigenvalue weighted by Crippen LogP contribution is 2.45. The molecule has 2 saturated carbocycles. The van der Waals surface area contributed by atoms with Gasteiger partial charge >= 0.3 is 18.6 Å². The Bertz CT molecular complexity index is 977. The average Bonchev–Trinajstić information content (AvgIpc) is 2.94. The Morgan fingerprint density at radius 3 is 1.81 bits per heavy atom. The smallest absolute Gasteiger partial charge is 0.432 e. The fourth-order valence-corrected chi connectivity index (χ4v) is 6.01. The number of rotatable bonds is 11. The van der Waals surface area contributed by atoms with Crippen molar-refractivity contribution in [3.63, 3.8) is 0 Å². The van der Waals surface area contributed by atoms with Crippen molar-refractivity contribution in [3.8, 4) is 11.5 Å². The number of hydrogen-bond donors (Lipinski definition) is 0. The van der Waals surface area contributed by atoms with Crippen LogP contribution >= 0.6 is 0 Å². The number of halogens is 7. The third kappa shape index (κ3) is 9.47. The third-order valence-electron chi connectivity index (χ3n) is 8.39. The highest BCUT2D eigenvalue weighted by molar-refractivity contribution is 5.31. The van der Waals surface area contributed by atoms with Crippen molar-refractivity contribution in [2.45, 2.75) is 102 Å². The Kier molecular flexibility index (Phi) is 11.1. The molecular weight excluding hydrogens is 573 g/mol. The molecule has 0 atom stereocenters. The number of ether oxygens (including phenoxy) is 5. The Morgan fingerprint density at radius 2 is 1.26 bits per heavy atom. The zero-order valence-electron chi connectivity index (χ0n) is 23.6. The van der Waals surface area contributed by atoms with Crippen LogP contribution in [0.2, 0.25) is 0 Å². The molecule has 3 aliphatic rings. The van der Waals surface area contributed by atoms with E-state index in [1.54, 1.807) is 0 Å². The highest BCUT2D eigenvalue weighted by atomic mass is 19.4. The molecule has 0 bridgehead atoms. The first-order valence-corrected chi connectivity index (χ1v) is 14.7. The standard InChI is InChI=1S/C30H39F7O5/c1-2-3-4-5-20-18-38-27(39-19-20)21-6-8-22(9-7-21)28(31,32)40-24-12-10-23(11-13-24)29(33,34)41-25-14-16-26(17-15-25)42-30(35,36)37/h2-3,14-17,20-24,27H,4-13,18-19H2,1H3/b3-2+. The second kappa shape index (κ2) is 14.2. The molecule has 1 heterocycles. The normalized spacial score (nSPS) is 29.9. The first kappa shape index (κ1) is 32.9. The van der Waals surface area contributed by atoms with Crippen LogP contribution in [0.3, 0.4) is 0 Å². The Balaban J connectivity index is 1.18. The van der Waals surface area contributed by atoms with Crippen LogP contribution < -0.4 is 9.47 Å². The third-order valence-corrected chi connectivity index (χ3v) is 8.39. The van der Waals surface area contributed by atoms with Crippen LogP contribution in [0.1, 0.15) is 71.1 Å². The predicted molar refractivity (Wildman–Crippen MR) is 139 cm³/mol. The largest absolute Gasteiger partial charge is 0.573 e. The van der Waals surface area contributed by atoms with E-state index in [1.807, 2.05) is 13.0 Å². The lowest BCUT2D eigenvalue weighted by molar-refractivity contribution is -0.309. The molecule has 12 heteroatoms. The van der Waals surface area contributed by atoms with Gasteiger partial charge in [-0.15, -0.1) is 13.2 Å². The molecule has 0 radical (unpaired) electrons. The maximum atomic E-state index is 15.1. The van der Waals surface area contributed by atoms with Gasteiger partial charge in [0.25, 0.3) is 0 Å². The van der Waals surface area contributed by atoms with Crippen LogP contribution in [0.15, 0.2) is 36.4 Å². The predicted octanol–water partition coefficient (Wildman–Crippen LogP) is 8.88. The summed E-state index contributed by atoms with van der Waals surface area (Å²) < 4.78 is 122. The summed E-state index contributed by atoms with van der Waals surface area (Å²) in [6.07, 6.45) is -5.60. The summed E-state index contributed by atoms with van der Waals surface area (Å²) in [4.78, 5) is 0. The van der Waals surface area contributed by atoms with Crippen molar-refractivity contribution < 1.29 is 54.4 Å². The Morgan fingerprint density at radius 1 is 0.738 bits per heavy atom. The molecule has 5 nitrogen and oxygen atoms in total. The van der Waals surface area contributed by atoms with E-state index in [4.69, 9.17) is 18.9 Å². The van der Waals surface area contributed by atoms with Gasteiger partial charge in [-0.3, -0.25) is 0 Å². The summed E-state index contributed by atoms with van der Waals surface area (Å²) in [6.45, 7) is 3.20. The molecule has 1 saturated heterocycles. The average molecular weight is 613 g/mol. The SMILES string of the molecule is C/C=C/CCC1COC(C2CCC(C(F)(F)OC3CCC(C(F)(F)Oc4ccc(OC(F)(F)F)cc4)CC3)CC2)OC1. The number of alkyl halides is 7. The van der Waals surface area contributed by atoms with Gasteiger partial charge < -0.3 is 23.7 Å². The second-order valence-corrected chi connectivity index (χ2v) is 11.5. The van der Waals surface area contributed by atoms with Gasteiger partial charge in [-0.2, -0.15) is 17.6 Å². The molecule has 0 N–H and O–H groups in total. The van der Waals surface area contributed by atoms with E-state index in [2.05, 4.69) is 10.8 Å². The molecule has 2 aliphatic carbocycles. The van der Waals surface area contributed by atoms with Gasteiger partial charge in [0.15, 0.2) is 6.29 Å². The van der Waals surface area contributed by atoms with Crippen molar-refractivity contribution in [2.24, 2.45) is 23.7 Å². The quantitative estimate of drug-likeness (QED) is 0.185. The molecular formula is C30H39F7O5. The first-order chi connectivity index (χ1) is 19.8. The maximum Gasteiger partial charge on any atom is 0.573 e. The monoisotopic (exact) mass is 612 g/mol. The van der Waals surface area contributed by atoms with E-state index in [0.29, 0.717) is 32.0 Å². The molecule has 238 valence electrons. The summed E-state index contributed by atoms with van der Waals surface area (Å²) in [5.74, 6) is -2.71. The zero-order chi connectivity index (χ0) is 30.4. The number of allylic oxidation sites excluding steroid dienone is 2. The van der Waals surface area contributed by atoms with E-state index in [-0.39, 0.29) is 56.5 Å². The molecule has 1 aromatic carbocycles. The van der Waals surface area contributed by atoms with Crippen molar-refractivity contribution in [3.05, 3.63) is 36.4 Å². The van der Waals surface area contributed by atoms with Crippen LogP contribution in [0.25, 0.3) is 0 Å². The molecule has 1 aromatic rings. The molecule has 0 unspecified atom stereocenters. The van der Waals surface area contributed by atoms with E-state index < -0.39 is 42.3 Å². The second-order valence-electron chi connectivity index (χ2n) is 11.5.